The molecule has 3 heteroatoms. The molecule has 68 valence electrons. The minimum atomic E-state index is -0.174. The number of aryl methyl sites for hydroxylation is 1. The van der Waals surface area contributed by atoms with Gasteiger partial charge in [0.1, 0.15) is 10.9 Å². The Kier molecular flexibility index (Phi) is 2.00. The highest BCUT2D eigenvalue weighted by Gasteiger charge is 2.11. The van der Waals surface area contributed by atoms with Gasteiger partial charge < -0.3 is 4.42 Å². The Hall–Kier alpha value is -1.02. The van der Waals surface area contributed by atoms with Gasteiger partial charge in [-0.2, -0.15) is 0 Å². The number of hydrogen-bond acceptors (Lipinski definition) is 2. The lowest BCUT2D eigenvalue weighted by molar-refractivity contribution is 0.530. The molecule has 0 aliphatic carbocycles. The van der Waals surface area contributed by atoms with E-state index < -0.39 is 0 Å². The second-order valence-electron chi connectivity index (χ2n) is 3.09. The smallest absolute Gasteiger partial charge is 0.213 e. The summed E-state index contributed by atoms with van der Waals surface area (Å²) in [6, 6.07) is 5.88. The lowest BCUT2D eigenvalue weighted by Crippen LogP contribution is -1.81. The first kappa shape index (κ1) is 8.57. The fourth-order valence-corrected chi connectivity index (χ4v) is 1.37. The van der Waals surface area contributed by atoms with Crippen LogP contribution in [0.5, 0.6) is 0 Å². The van der Waals surface area contributed by atoms with Gasteiger partial charge in [0.15, 0.2) is 5.58 Å². The van der Waals surface area contributed by atoms with E-state index in [-0.39, 0.29) is 5.38 Å². The van der Waals surface area contributed by atoms with Gasteiger partial charge in [0.2, 0.25) is 5.89 Å². The first-order valence-corrected chi connectivity index (χ1v) is 4.62. The third-order valence-electron chi connectivity index (χ3n) is 1.97. The SMILES string of the molecule is Cc1cccc2nc(C(C)Cl)oc12. The molecule has 2 nitrogen and oxygen atoms in total. The molecule has 0 amide bonds. The standard InChI is InChI=1S/C10H10ClNO/c1-6-4-3-5-8-9(6)13-10(12-8)7(2)11/h3-5,7H,1-2H3. The molecule has 13 heavy (non-hydrogen) atoms. The van der Waals surface area contributed by atoms with Crippen molar-refractivity contribution in [1.29, 1.82) is 0 Å². The summed E-state index contributed by atoms with van der Waals surface area (Å²) in [5.74, 6) is 0.589. The van der Waals surface area contributed by atoms with Gasteiger partial charge in [-0.05, 0) is 25.5 Å². The summed E-state index contributed by atoms with van der Waals surface area (Å²) in [6.07, 6.45) is 0. The maximum absolute atomic E-state index is 5.87. The van der Waals surface area contributed by atoms with E-state index in [1.807, 2.05) is 32.0 Å². The number of hydrogen-bond donors (Lipinski definition) is 0. The largest absolute Gasteiger partial charge is 0.439 e. The maximum Gasteiger partial charge on any atom is 0.213 e. The monoisotopic (exact) mass is 195 g/mol. The Morgan fingerprint density at radius 2 is 2.23 bits per heavy atom. The number of aromatic nitrogens is 1. The van der Waals surface area contributed by atoms with E-state index in [0.29, 0.717) is 5.89 Å². The molecule has 1 unspecified atom stereocenters. The number of halogens is 1. The summed E-state index contributed by atoms with van der Waals surface area (Å²) < 4.78 is 5.52. The number of oxazole rings is 1. The molecule has 1 aromatic carbocycles. The van der Waals surface area contributed by atoms with E-state index in [9.17, 15) is 0 Å². The van der Waals surface area contributed by atoms with E-state index in [1.54, 1.807) is 0 Å². The summed E-state index contributed by atoms with van der Waals surface area (Å²) in [5.41, 5.74) is 2.81. The van der Waals surface area contributed by atoms with Crippen molar-refractivity contribution in [3.8, 4) is 0 Å². The molecular formula is C10H10ClNO. The van der Waals surface area contributed by atoms with Gasteiger partial charge in [-0.3, -0.25) is 0 Å². The van der Waals surface area contributed by atoms with Crippen molar-refractivity contribution in [2.24, 2.45) is 0 Å². The zero-order valence-electron chi connectivity index (χ0n) is 7.54. The fraction of sp³-hybridized carbons (Fsp3) is 0.300. The van der Waals surface area contributed by atoms with Gasteiger partial charge >= 0.3 is 0 Å². The number of rotatable bonds is 1. The Bertz CT molecular complexity index is 433. The summed E-state index contributed by atoms with van der Waals surface area (Å²) in [7, 11) is 0. The van der Waals surface area contributed by atoms with Crippen LogP contribution in [0.1, 0.15) is 23.8 Å². The quantitative estimate of drug-likeness (QED) is 0.652. The number of fused-ring (bicyclic) bond motifs is 1. The summed E-state index contributed by atoms with van der Waals surface area (Å²) in [4.78, 5) is 4.27. The van der Waals surface area contributed by atoms with E-state index in [0.717, 1.165) is 16.7 Å². The van der Waals surface area contributed by atoms with Crippen LogP contribution in [0.4, 0.5) is 0 Å². The average molecular weight is 196 g/mol. The zero-order chi connectivity index (χ0) is 9.42. The molecule has 0 aliphatic rings. The van der Waals surface area contributed by atoms with E-state index >= 15 is 0 Å². The lowest BCUT2D eigenvalue weighted by Gasteiger charge is -1.92. The molecule has 0 saturated heterocycles. The average Bonchev–Trinajstić information content (AvgIpc) is 2.49. The van der Waals surface area contributed by atoms with Crippen LogP contribution in [0, 0.1) is 6.92 Å². The maximum atomic E-state index is 5.87. The molecule has 2 rings (SSSR count). The van der Waals surface area contributed by atoms with Gasteiger partial charge in [-0.25, -0.2) is 4.98 Å². The molecule has 0 radical (unpaired) electrons. The predicted molar refractivity (Wildman–Crippen MR) is 53.0 cm³/mol. The lowest BCUT2D eigenvalue weighted by atomic mass is 10.2. The fourth-order valence-electron chi connectivity index (χ4n) is 1.27. The molecule has 0 saturated carbocycles. The Balaban J connectivity index is 2.68. The second kappa shape index (κ2) is 3.04. The molecule has 0 N–H and O–H groups in total. The van der Waals surface area contributed by atoms with Crippen molar-refractivity contribution < 1.29 is 4.42 Å². The van der Waals surface area contributed by atoms with Crippen molar-refractivity contribution >= 4 is 22.7 Å². The van der Waals surface area contributed by atoms with Crippen LogP contribution in [0.3, 0.4) is 0 Å². The zero-order valence-corrected chi connectivity index (χ0v) is 8.30. The Labute approximate surface area is 81.5 Å². The van der Waals surface area contributed by atoms with Crippen LogP contribution >= 0.6 is 11.6 Å². The normalized spacial score (nSPS) is 13.5. The Morgan fingerprint density at radius 1 is 1.46 bits per heavy atom. The van der Waals surface area contributed by atoms with E-state index in [2.05, 4.69) is 4.98 Å². The van der Waals surface area contributed by atoms with Crippen LogP contribution in [-0.4, -0.2) is 4.98 Å². The molecule has 0 fully saturated rings. The van der Waals surface area contributed by atoms with Crippen molar-refractivity contribution in [3.63, 3.8) is 0 Å². The van der Waals surface area contributed by atoms with Crippen LogP contribution < -0.4 is 0 Å². The summed E-state index contributed by atoms with van der Waals surface area (Å²) >= 11 is 5.87. The topological polar surface area (TPSA) is 26.0 Å². The molecule has 1 atom stereocenters. The van der Waals surface area contributed by atoms with Crippen LogP contribution in [-0.2, 0) is 0 Å². The molecule has 2 aromatic rings. The van der Waals surface area contributed by atoms with Gasteiger partial charge in [-0.1, -0.05) is 12.1 Å². The molecule has 1 heterocycles. The third-order valence-corrected chi connectivity index (χ3v) is 2.16. The number of alkyl halides is 1. The van der Waals surface area contributed by atoms with Crippen molar-refractivity contribution in [3.05, 3.63) is 29.7 Å². The van der Waals surface area contributed by atoms with Gasteiger partial charge in [0, 0.05) is 0 Å². The highest BCUT2D eigenvalue weighted by Crippen LogP contribution is 2.25. The summed E-state index contributed by atoms with van der Waals surface area (Å²) in [5, 5.41) is -0.174. The van der Waals surface area contributed by atoms with Crippen LogP contribution in [0.15, 0.2) is 22.6 Å². The highest BCUT2D eigenvalue weighted by atomic mass is 35.5. The van der Waals surface area contributed by atoms with Crippen molar-refractivity contribution in [2.75, 3.05) is 0 Å². The summed E-state index contributed by atoms with van der Waals surface area (Å²) in [6.45, 7) is 3.85. The first-order valence-electron chi connectivity index (χ1n) is 4.18. The van der Waals surface area contributed by atoms with Crippen LogP contribution in [0.2, 0.25) is 0 Å². The second-order valence-corrected chi connectivity index (χ2v) is 3.75. The van der Waals surface area contributed by atoms with Gasteiger partial charge in [0.25, 0.3) is 0 Å². The predicted octanol–water partition coefficient (Wildman–Crippen LogP) is 3.44. The molecule has 0 bridgehead atoms. The van der Waals surface area contributed by atoms with Gasteiger partial charge in [0.05, 0.1) is 0 Å². The molecule has 0 spiro atoms. The third kappa shape index (κ3) is 1.42. The minimum Gasteiger partial charge on any atom is -0.439 e. The molecule has 0 aliphatic heterocycles. The van der Waals surface area contributed by atoms with Crippen LogP contribution in [0.25, 0.3) is 11.1 Å². The number of benzene rings is 1. The number of nitrogens with zero attached hydrogens (tertiary/aromatic N) is 1. The first-order chi connectivity index (χ1) is 6.18. The Morgan fingerprint density at radius 3 is 2.85 bits per heavy atom. The highest BCUT2D eigenvalue weighted by molar-refractivity contribution is 6.20. The molecular weight excluding hydrogens is 186 g/mol. The molecule has 1 aromatic heterocycles. The van der Waals surface area contributed by atoms with E-state index in [1.165, 1.54) is 0 Å². The van der Waals surface area contributed by atoms with Crippen molar-refractivity contribution in [2.45, 2.75) is 19.2 Å². The minimum absolute atomic E-state index is 0.174. The number of para-hydroxylation sites is 1. The van der Waals surface area contributed by atoms with E-state index in [4.69, 9.17) is 16.0 Å². The van der Waals surface area contributed by atoms with Crippen molar-refractivity contribution in [1.82, 2.24) is 4.98 Å². The van der Waals surface area contributed by atoms with Gasteiger partial charge in [-0.15, -0.1) is 11.6 Å².